The summed E-state index contributed by atoms with van der Waals surface area (Å²) in [4.78, 5) is 12.3. The van der Waals surface area contributed by atoms with Crippen molar-refractivity contribution < 1.29 is 4.79 Å². The molecule has 2 aromatic heterocycles. The third-order valence-corrected chi connectivity index (χ3v) is 4.10. The Morgan fingerprint density at radius 1 is 1.27 bits per heavy atom. The SMILES string of the molecule is Cl.O=C(NCc1cc2n(n1)CCNC2)c1ccc(Cn2cnnn2)cc1. The first kappa shape index (κ1) is 18.0. The molecule has 1 amide bonds. The lowest BCUT2D eigenvalue weighted by Crippen LogP contribution is -2.28. The first-order valence-electron chi connectivity index (χ1n) is 8.12. The summed E-state index contributed by atoms with van der Waals surface area (Å²) >= 11 is 0. The van der Waals surface area contributed by atoms with Crippen LogP contribution in [0.4, 0.5) is 0 Å². The summed E-state index contributed by atoms with van der Waals surface area (Å²) in [6.07, 6.45) is 1.56. The number of benzene rings is 1. The minimum Gasteiger partial charge on any atom is -0.346 e. The number of hydrogen-bond donors (Lipinski definition) is 2. The van der Waals surface area contributed by atoms with E-state index >= 15 is 0 Å². The van der Waals surface area contributed by atoms with E-state index in [1.54, 1.807) is 23.1 Å². The van der Waals surface area contributed by atoms with Crippen molar-refractivity contribution in [2.45, 2.75) is 26.2 Å². The Kier molecular flexibility index (Phi) is 5.59. The molecule has 0 spiro atoms. The van der Waals surface area contributed by atoms with Crippen molar-refractivity contribution in [3.05, 3.63) is 59.2 Å². The second-order valence-corrected chi connectivity index (χ2v) is 5.91. The second-order valence-electron chi connectivity index (χ2n) is 5.91. The molecule has 9 nitrogen and oxygen atoms in total. The maximum Gasteiger partial charge on any atom is 0.251 e. The summed E-state index contributed by atoms with van der Waals surface area (Å²) in [5.41, 5.74) is 3.68. The molecule has 4 rings (SSSR count). The van der Waals surface area contributed by atoms with E-state index in [1.807, 2.05) is 22.9 Å². The number of carbonyl (C=O) groups is 1. The normalized spacial score (nSPS) is 12.9. The van der Waals surface area contributed by atoms with Crippen LogP contribution in [0.5, 0.6) is 0 Å². The predicted octanol–water partition coefficient (Wildman–Crippen LogP) is 0.373. The number of aromatic nitrogens is 6. The number of rotatable bonds is 5. The Labute approximate surface area is 156 Å². The van der Waals surface area contributed by atoms with Gasteiger partial charge in [0.25, 0.3) is 5.91 Å². The van der Waals surface area contributed by atoms with E-state index in [2.05, 4.69) is 31.3 Å². The Bertz CT molecular complexity index is 836. The van der Waals surface area contributed by atoms with E-state index in [4.69, 9.17) is 0 Å². The van der Waals surface area contributed by atoms with E-state index in [9.17, 15) is 4.79 Å². The van der Waals surface area contributed by atoms with Gasteiger partial charge in [-0.05, 0) is 34.2 Å². The molecule has 0 aliphatic carbocycles. The zero-order valence-corrected chi connectivity index (χ0v) is 14.8. The van der Waals surface area contributed by atoms with Crippen molar-refractivity contribution in [3.8, 4) is 0 Å². The minimum atomic E-state index is -0.113. The first-order valence-corrected chi connectivity index (χ1v) is 8.12. The molecular formula is C16H19ClN8O. The molecule has 136 valence electrons. The van der Waals surface area contributed by atoms with Gasteiger partial charge in [0, 0.05) is 18.7 Å². The zero-order valence-electron chi connectivity index (χ0n) is 14.0. The minimum absolute atomic E-state index is 0. The molecule has 3 aromatic rings. The van der Waals surface area contributed by atoms with Crippen LogP contribution in [0.3, 0.4) is 0 Å². The standard InChI is InChI=1S/C16H18N8O.ClH/c25-16(18-8-14-7-15-9-17-5-6-24(15)20-14)13-3-1-12(2-4-13)10-23-11-19-21-22-23;/h1-4,7,11,17H,5-6,8-10H2,(H,18,25);1H. The van der Waals surface area contributed by atoms with Gasteiger partial charge in [-0.25, -0.2) is 4.68 Å². The average molecular weight is 375 g/mol. The summed E-state index contributed by atoms with van der Waals surface area (Å²) in [5, 5.41) is 21.8. The number of nitrogens with zero attached hydrogens (tertiary/aromatic N) is 6. The van der Waals surface area contributed by atoms with Gasteiger partial charge in [0.1, 0.15) is 6.33 Å². The van der Waals surface area contributed by atoms with Gasteiger partial charge in [-0.2, -0.15) is 5.10 Å². The molecular weight excluding hydrogens is 356 g/mol. The van der Waals surface area contributed by atoms with Gasteiger partial charge in [0.05, 0.1) is 31.0 Å². The zero-order chi connectivity index (χ0) is 17.1. The topological polar surface area (TPSA) is 103 Å². The molecule has 2 N–H and O–H groups in total. The first-order chi connectivity index (χ1) is 12.3. The molecule has 0 radical (unpaired) electrons. The fraction of sp³-hybridized carbons (Fsp3) is 0.312. The van der Waals surface area contributed by atoms with Gasteiger partial charge in [0.15, 0.2) is 0 Å². The van der Waals surface area contributed by atoms with Crippen molar-refractivity contribution in [2.75, 3.05) is 6.54 Å². The third kappa shape index (κ3) is 4.06. The summed E-state index contributed by atoms with van der Waals surface area (Å²) < 4.78 is 3.62. The smallest absolute Gasteiger partial charge is 0.251 e. The molecule has 0 unspecified atom stereocenters. The molecule has 0 fully saturated rings. The van der Waals surface area contributed by atoms with Crippen LogP contribution in [0.1, 0.15) is 27.3 Å². The number of tetrazole rings is 1. The van der Waals surface area contributed by atoms with Crippen molar-refractivity contribution in [2.24, 2.45) is 0 Å². The quantitative estimate of drug-likeness (QED) is 0.669. The number of fused-ring (bicyclic) bond motifs is 1. The maximum absolute atomic E-state index is 12.3. The highest BCUT2D eigenvalue weighted by Gasteiger charge is 2.12. The van der Waals surface area contributed by atoms with Gasteiger partial charge in [0.2, 0.25) is 0 Å². The molecule has 0 saturated carbocycles. The van der Waals surface area contributed by atoms with Crippen LogP contribution in [-0.4, -0.2) is 42.4 Å². The summed E-state index contributed by atoms with van der Waals surface area (Å²) in [7, 11) is 0. The van der Waals surface area contributed by atoms with Crippen LogP contribution in [0, 0.1) is 0 Å². The number of halogens is 1. The highest BCUT2D eigenvalue weighted by Crippen LogP contribution is 2.09. The molecule has 26 heavy (non-hydrogen) atoms. The van der Waals surface area contributed by atoms with Gasteiger partial charge in [-0.1, -0.05) is 12.1 Å². The largest absolute Gasteiger partial charge is 0.346 e. The van der Waals surface area contributed by atoms with Crippen molar-refractivity contribution in [1.82, 2.24) is 40.6 Å². The van der Waals surface area contributed by atoms with Gasteiger partial charge in [-0.3, -0.25) is 9.48 Å². The van der Waals surface area contributed by atoms with E-state index < -0.39 is 0 Å². The lowest BCUT2D eigenvalue weighted by atomic mass is 10.1. The number of carbonyl (C=O) groups excluding carboxylic acids is 1. The molecule has 1 aliphatic rings. The van der Waals surface area contributed by atoms with Crippen molar-refractivity contribution >= 4 is 18.3 Å². The van der Waals surface area contributed by atoms with Crippen LogP contribution >= 0.6 is 12.4 Å². The van der Waals surface area contributed by atoms with Gasteiger partial charge in [-0.15, -0.1) is 17.5 Å². The molecule has 1 aromatic carbocycles. The molecule has 0 bridgehead atoms. The highest BCUT2D eigenvalue weighted by molar-refractivity contribution is 5.94. The Hall–Kier alpha value is -2.78. The van der Waals surface area contributed by atoms with Crippen molar-refractivity contribution in [3.63, 3.8) is 0 Å². The van der Waals surface area contributed by atoms with Crippen LogP contribution in [0.2, 0.25) is 0 Å². The van der Waals surface area contributed by atoms with Crippen LogP contribution in [0.25, 0.3) is 0 Å². The Morgan fingerprint density at radius 3 is 2.85 bits per heavy atom. The number of nitrogens with one attached hydrogen (secondary N) is 2. The van der Waals surface area contributed by atoms with E-state index in [-0.39, 0.29) is 18.3 Å². The number of amides is 1. The molecule has 10 heteroatoms. The second kappa shape index (κ2) is 8.07. The predicted molar refractivity (Wildman–Crippen MR) is 95.7 cm³/mol. The highest BCUT2D eigenvalue weighted by atomic mass is 35.5. The van der Waals surface area contributed by atoms with E-state index in [0.717, 1.165) is 36.6 Å². The van der Waals surface area contributed by atoms with Gasteiger partial charge >= 0.3 is 0 Å². The monoisotopic (exact) mass is 374 g/mol. The molecule has 1 aliphatic heterocycles. The fourth-order valence-electron chi connectivity index (χ4n) is 2.81. The van der Waals surface area contributed by atoms with Gasteiger partial charge < -0.3 is 10.6 Å². The summed E-state index contributed by atoms with van der Waals surface area (Å²) in [6.45, 7) is 3.61. The van der Waals surface area contributed by atoms with Crippen LogP contribution in [-0.2, 0) is 26.2 Å². The third-order valence-electron chi connectivity index (χ3n) is 4.10. The Morgan fingerprint density at radius 2 is 2.12 bits per heavy atom. The lowest BCUT2D eigenvalue weighted by molar-refractivity contribution is 0.0950. The average Bonchev–Trinajstić information content (AvgIpc) is 3.29. The summed E-state index contributed by atoms with van der Waals surface area (Å²) in [5.74, 6) is -0.113. The Balaban J connectivity index is 0.00000196. The number of hydrogen-bond acceptors (Lipinski definition) is 6. The molecule has 3 heterocycles. The fourth-order valence-corrected chi connectivity index (χ4v) is 2.81. The maximum atomic E-state index is 12.3. The van der Waals surface area contributed by atoms with E-state index in [0.29, 0.717) is 18.7 Å². The van der Waals surface area contributed by atoms with Crippen molar-refractivity contribution in [1.29, 1.82) is 0 Å². The van der Waals surface area contributed by atoms with Crippen LogP contribution in [0.15, 0.2) is 36.7 Å². The molecule has 0 atom stereocenters. The van der Waals surface area contributed by atoms with Crippen LogP contribution < -0.4 is 10.6 Å². The molecule has 0 saturated heterocycles. The lowest BCUT2D eigenvalue weighted by Gasteiger charge is -2.13. The summed E-state index contributed by atoms with van der Waals surface area (Å²) in [6, 6.07) is 9.44. The van der Waals surface area contributed by atoms with E-state index in [1.165, 1.54) is 0 Å².